The van der Waals surface area contributed by atoms with Crippen LogP contribution >= 0.6 is 0 Å². The van der Waals surface area contributed by atoms with E-state index in [1.807, 2.05) is 16.7 Å². The zero-order valence-corrected chi connectivity index (χ0v) is 11.9. The molecule has 5 heteroatoms. The van der Waals surface area contributed by atoms with Crippen LogP contribution < -0.4 is 0 Å². The van der Waals surface area contributed by atoms with Gasteiger partial charge in [-0.2, -0.15) is 0 Å². The fourth-order valence-corrected chi connectivity index (χ4v) is 2.45. The Morgan fingerprint density at radius 1 is 1.19 bits per heavy atom. The van der Waals surface area contributed by atoms with Crippen LogP contribution in [-0.2, 0) is 6.54 Å². The van der Waals surface area contributed by atoms with Crippen molar-refractivity contribution in [3.63, 3.8) is 0 Å². The van der Waals surface area contributed by atoms with Crippen molar-refractivity contribution in [1.29, 1.82) is 0 Å². The Hall–Kier alpha value is -2.69. The maximum Gasteiger partial charge on any atom is 0.274 e. The highest BCUT2D eigenvalue weighted by Gasteiger charge is 2.14. The van der Waals surface area contributed by atoms with E-state index in [1.54, 1.807) is 18.5 Å². The highest BCUT2D eigenvalue weighted by Crippen LogP contribution is 2.23. The molecule has 0 saturated carbocycles. The predicted molar refractivity (Wildman–Crippen MR) is 81.4 cm³/mol. The largest absolute Gasteiger partial charge is 0.326 e. The molecule has 0 aliphatic carbocycles. The Balaban J connectivity index is 2.07. The minimum absolute atomic E-state index is 0.142. The molecule has 1 aromatic heterocycles. The van der Waals surface area contributed by atoms with Crippen molar-refractivity contribution >= 4 is 16.7 Å². The lowest BCUT2D eigenvalue weighted by molar-refractivity contribution is -0.385. The van der Waals surface area contributed by atoms with Gasteiger partial charge in [0.2, 0.25) is 0 Å². The van der Waals surface area contributed by atoms with Crippen molar-refractivity contribution in [3.8, 4) is 0 Å². The van der Waals surface area contributed by atoms with Crippen molar-refractivity contribution in [3.05, 3.63) is 69.5 Å². The lowest BCUT2D eigenvalue weighted by Crippen LogP contribution is -2.02. The first-order chi connectivity index (χ1) is 10.1. The number of imidazole rings is 1. The number of hydrogen-bond donors (Lipinski definition) is 0. The predicted octanol–water partition coefficient (Wildman–Crippen LogP) is 3.61. The van der Waals surface area contributed by atoms with Gasteiger partial charge in [-0.3, -0.25) is 10.1 Å². The Bertz CT molecular complexity index is 837. The van der Waals surface area contributed by atoms with Gasteiger partial charge >= 0.3 is 0 Å². The van der Waals surface area contributed by atoms with E-state index in [1.165, 1.54) is 17.2 Å². The Morgan fingerprint density at radius 3 is 2.67 bits per heavy atom. The van der Waals surface area contributed by atoms with Gasteiger partial charge in [-0.05, 0) is 37.1 Å². The van der Waals surface area contributed by atoms with E-state index in [4.69, 9.17) is 0 Å². The zero-order chi connectivity index (χ0) is 15.0. The second-order valence-electron chi connectivity index (χ2n) is 5.18. The fraction of sp³-hybridized carbons (Fsp3) is 0.188. The van der Waals surface area contributed by atoms with Gasteiger partial charge in [-0.1, -0.05) is 18.2 Å². The summed E-state index contributed by atoms with van der Waals surface area (Å²) in [6.45, 7) is 4.54. The number of para-hydroxylation sites is 1. The molecule has 0 unspecified atom stereocenters. The van der Waals surface area contributed by atoms with Crippen LogP contribution in [0, 0.1) is 24.0 Å². The topological polar surface area (TPSA) is 61.0 Å². The van der Waals surface area contributed by atoms with Gasteiger partial charge in [0.25, 0.3) is 5.69 Å². The molecule has 3 aromatic rings. The third kappa shape index (κ3) is 2.38. The van der Waals surface area contributed by atoms with E-state index in [-0.39, 0.29) is 10.6 Å². The molecule has 1 heterocycles. The van der Waals surface area contributed by atoms with Gasteiger partial charge in [0.15, 0.2) is 0 Å². The second kappa shape index (κ2) is 5.01. The lowest BCUT2D eigenvalue weighted by Gasteiger charge is -2.07. The van der Waals surface area contributed by atoms with Crippen LogP contribution in [0.1, 0.15) is 16.7 Å². The average molecular weight is 281 g/mol. The van der Waals surface area contributed by atoms with Crippen molar-refractivity contribution < 1.29 is 4.92 Å². The molecule has 0 radical (unpaired) electrons. The first-order valence-corrected chi connectivity index (χ1v) is 6.70. The molecule has 0 spiro atoms. The average Bonchev–Trinajstić information content (AvgIpc) is 2.82. The minimum atomic E-state index is -0.343. The van der Waals surface area contributed by atoms with Crippen LogP contribution in [0.4, 0.5) is 5.69 Å². The van der Waals surface area contributed by atoms with Gasteiger partial charge in [-0.15, -0.1) is 0 Å². The number of nitro groups is 1. The second-order valence-corrected chi connectivity index (χ2v) is 5.18. The number of nitro benzene ring substituents is 1. The van der Waals surface area contributed by atoms with Gasteiger partial charge in [0.1, 0.15) is 0 Å². The summed E-state index contributed by atoms with van der Waals surface area (Å²) in [6.07, 6.45) is 1.74. The van der Waals surface area contributed by atoms with E-state index < -0.39 is 0 Å². The van der Waals surface area contributed by atoms with E-state index in [9.17, 15) is 10.1 Å². The summed E-state index contributed by atoms with van der Waals surface area (Å²) in [7, 11) is 0. The molecular weight excluding hydrogens is 266 g/mol. The maximum atomic E-state index is 11.1. The molecule has 3 rings (SSSR count). The molecule has 0 aliphatic heterocycles. The quantitative estimate of drug-likeness (QED) is 0.544. The van der Waals surface area contributed by atoms with Crippen LogP contribution in [0.3, 0.4) is 0 Å². The van der Waals surface area contributed by atoms with E-state index in [2.05, 4.69) is 24.9 Å². The molecule has 0 N–H and O–H groups in total. The number of hydrogen-bond acceptors (Lipinski definition) is 3. The summed E-state index contributed by atoms with van der Waals surface area (Å²) in [5.41, 5.74) is 5.11. The molecule has 0 fully saturated rings. The highest BCUT2D eigenvalue weighted by atomic mass is 16.6. The molecule has 2 aromatic carbocycles. The number of fused-ring (bicyclic) bond motifs is 1. The molecule has 0 amide bonds. The van der Waals surface area contributed by atoms with Crippen molar-refractivity contribution in [2.24, 2.45) is 0 Å². The first-order valence-electron chi connectivity index (χ1n) is 6.70. The summed E-state index contributed by atoms with van der Waals surface area (Å²) in [4.78, 5) is 15.1. The Labute approximate surface area is 122 Å². The molecule has 5 nitrogen and oxygen atoms in total. The number of rotatable bonds is 3. The first kappa shape index (κ1) is 13.3. The molecule has 21 heavy (non-hydrogen) atoms. The van der Waals surface area contributed by atoms with E-state index >= 15 is 0 Å². The van der Waals surface area contributed by atoms with Crippen LogP contribution in [0.5, 0.6) is 0 Å². The number of nitrogens with zero attached hydrogens (tertiary/aromatic N) is 3. The van der Waals surface area contributed by atoms with Crippen LogP contribution in [0.15, 0.2) is 42.7 Å². The minimum Gasteiger partial charge on any atom is -0.326 e. The van der Waals surface area contributed by atoms with Gasteiger partial charge in [-0.25, -0.2) is 4.98 Å². The third-order valence-corrected chi connectivity index (χ3v) is 3.77. The normalized spacial score (nSPS) is 11.0. The lowest BCUT2D eigenvalue weighted by atomic mass is 10.1. The molecule has 106 valence electrons. The fourth-order valence-electron chi connectivity index (χ4n) is 2.45. The summed E-state index contributed by atoms with van der Waals surface area (Å²) >= 11 is 0. The van der Waals surface area contributed by atoms with Crippen LogP contribution in [0.25, 0.3) is 11.0 Å². The van der Waals surface area contributed by atoms with Gasteiger partial charge in [0, 0.05) is 11.6 Å². The highest BCUT2D eigenvalue weighted by molar-refractivity contribution is 5.77. The molecule has 0 atom stereocenters. The summed E-state index contributed by atoms with van der Waals surface area (Å²) in [6, 6.07) is 10.9. The molecule has 0 saturated heterocycles. The monoisotopic (exact) mass is 281 g/mol. The Kier molecular flexibility index (Phi) is 3.17. The van der Waals surface area contributed by atoms with Crippen LogP contribution in [0.2, 0.25) is 0 Å². The van der Waals surface area contributed by atoms with Crippen molar-refractivity contribution in [1.82, 2.24) is 9.55 Å². The van der Waals surface area contributed by atoms with E-state index in [0.29, 0.717) is 12.1 Å². The molecule has 0 aliphatic rings. The van der Waals surface area contributed by atoms with Crippen molar-refractivity contribution in [2.75, 3.05) is 0 Å². The third-order valence-electron chi connectivity index (χ3n) is 3.77. The number of benzene rings is 2. The molecule has 0 bridgehead atoms. The number of aryl methyl sites for hydroxylation is 2. The van der Waals surface area contributed by atoms with E-state index in [0.717, 1.165) is 11.0 Å². The molecular formula is C16H15N3O2. The summed E-state index contributed by atoms with van der Waals surface area (Å²) in [5, 5.41) is 11.1. The summed E-state index contributed by atoms with van der Waals surface area (Å²) < 4.78 is 1.95. The maximum absolute atomic E-state index is 11.1. The van der Waals surface area contributed by atoms with Gasteiger partial charge < -0.3 is 4.57 Å². The smallest absolute Gasteiger partial charge is 0.274 e. The van der Waals surface area contributed by atoms with Gasteiger partial charge in [0.05, 0.1) is 28.8 Å². The standard InChI is InChI=1S/C16H15N3O2/c1-11-7-14-16(8-12(11)2)18(10-17-14)9-13-5-3-4-6-15(13)19(20)21/h3-8,10H,9H2,1-2H3. The zero-order valence-electron chi connectivity index (χ0n) is 11.9. The summed E-state index contributed by atoms with van der Waals surface area (Å²) in [5.74, 6) is 0. The Morgan fingerprint density at radius 2 is 1.90 bits per heavy atom. The van der Waals surface area contributed by atoms with Crippen LogP contribution in [-0.4, -0.2) is 14.5 Å². The van der Waals surface area contributed by atoms with Crippen molar-refractivity contribution in [2.45, 2.75) is 20.4 Å². The SMILES string of the molecule is Cc1cc2ncn(Cc3ccccc3[N+](=O)[O-])c2cc1C. The number of aromatic nitrogens is 2.